The van der Waals surface area contributed by atoms with Crippen LogP contribution in [-0.2, 0) is 9.47 Å². The molecule has 4 rings (SSSR count). The van der Waals surface area contributed by atoms with Crippen LogP contribution in [-0.4, -0.2) is 52.0 Å². The van der Waals surface area contributed by atoms with Crippen molar-refractivity contribution in [1.29, 1.82) is 0 Å². The van der Waals surface area contributed by atoms with Crippen LogP contribution in [0.1, 0.15) is 36.2 Å². The Hall–Kier alpha value is -1.56. The quantitative estimate of drug-likeness (QED) is 0.797. The molecule has 2 aliphatic heterocycles. The van der Waals surface area contributed by atoms with Crippen LogP contribution in [0.5, 0.6) is 11.5 Å². The van der Waals surface area contributed by atoms with Gasteiger partial charge in [0.15, 0.2) is 17.8 Å². The van der Waals surface area contributed by atoms with Gasteiger partial charge in [-0.05, 0) is 37.6 Å². The SMILES string of the molecule is COc1cc2c(cc1OC)[C@H]1C3C(=CC[C@H]1O[C@@H]2OC)CCN3C. The van der Waals surface area contributed by atoms with Crippen LogP contribution in [0, 0.1) is 0 Å². The summed E-state index contributed by atoms with van der Waals surface area (Å²) in [5, 5.41) is 0. The maximum atomic E-state index is 6.31. The van der Waals surface area contributed by atoms with E-state index in [0.29, 0.717) is 17.7 Å². The Balaban J connectivity index is 1.86. The molecule has 0 saturated carbocycles. The van der Waals surface area contributed by atoms with Gasteiger partial charge in [-0.25, -0.2) is 0 Å². The van der Waals surface area contributed by atoms with Crippen LogP contribution in [0.15, 0.2) is 23.8 Å². The molecule has 24 heavy (non-hydrogen) atoms. The van der Waals surface area contributed by atoms with E-state index in [2.05, 4.69) is 24.1 Å². The summed E-state index contributed by atoms with van der Waals surface area (Å²) in [7, 11) is 7.24. The molecular formula is C19H25NO4. The van der Waals surface area contributed by atoms with Crippen LogP contribution < -0.4 is 9.47 Å². The number of likely N-dealkylation sites (N-methyl/N-ethyl adjacent to an activating group) is 1. The maximum Gasteiger partial charge on any atom is 0.184 e. The van der Waals surface area contributed by atoms with Crippen LogP contribution in [0.4, 0.5) is 0 Å². The van der Waals surface area contributed by atoms with Gasteiger partial charge in [0, 0.05) is 31.2 Å². The van der Waals surface area contributed by atoms with Crippen molar-refractivity contribution in [3.63, 3.8) is 0 Å². The number of hydrogen-bond acceptors (Lipinski definition) is 5. The molecule has 0 spiro atoms. The number of hydrogen-bond donors (Lipinski definition) is 0. The third-order valence-electron chi connectivity index (χ3n) is 5.68. The van der Waals surface area contributed by atoms with Crippen molar-refractivity contribution in [3.8, 4) is 11.5 Å². The molecule has 1 fully saturated rings. The average molecular weight is 331 g/mol. The molecule has 0 radical (unpaired) electrons. The number of ether oxygens (including phenoxy) is 4. The molecule has 1 aromatic carbocycles. The second kappa shape index (κ2) is 6.06. The summed E-state index contributed by atoms with van der Waals surface area (Å²) in [6.45, 7) is 1.11. The minimum atomic E-state index is -0.359. The number of benzene rings is 1. The van der Waals surface area contributed by atoms with Crippen molar-refractivity contribution < 1.29 is 18.9 Å². The van der Waals surface area contributed by atoms with E-state index in [1.807, 2.05) is 6.07 Å². The van der Waals surface area contributed by atoms with Crippen LogP contribution in [0.3, 0.4) is 0 Å². The molecule has 1 unspecified atom stereocenters. The third-order valence-corrected chi connectivity index (χ3v) is 5.68. The monoisotopic (exact) mass is 331 g/mol. The van der Waals surface area contributed by atoms with E-state index in [9.17, 15) is 0 Å². The molecule has 0 bridgehead atoms. The lowest BCUT2D eigenvalue weighted by molar-refractivity contribution is -0.179. The Labute approximate surface area is 143 Å². The van der Waals surface area contributed by atoms with Crippen molar-refractivity contribution >= 4 is 0 Å². The standard InChI is InChI=1S/C19H25NO4/c1-20-8-7-11-5-6-14-17(18(11)20)12-9-15(21-2)16(22-3)10-13(12)19(23-4)24-14/h5,9-10,14,17-19H,6-8H2,1-4H3/t14-,17-,18?,19+/m1/s1. The van der Waals surface area contributed by atoms with Crippen LogP contribution >= 0.6 is 0 Å². The van der Waals surface area contributed by atoms with E-state index >= 15 is 0 Å². The molecule has 5 nitrogen and oxygen atoms in total. The van der Waals surface area contributed by atoms with Gasteiger partial charge < -0.3 is 18.9 Å². The fourth-order valence-electron chi connectivity index (χ4n) is 4.55. The second-order valence-electron chi connectivity index (χ2n) is 6.79. The zero-order valence-electron chi connectivity index (χ0n) is 14.7. The van der Waals surface area contributed by atoms with E-state index in [1.54, 1.807) is 26.9 Å². The first-order valence-corrected chi connectivity index (χ1v) is 8.51. The molecule has 0 aromatic heterocycles. The maximum absolute atomic E-state index is 6.31. The van der Waals surface area contributed by atoms with Crippen LogP contribution in [0.2, 0.25) is 0 Å². The Bertz CT molecular complexity index is 672. The van der Waals surface area contributed by atoms with E-state index in [0.717, 1.165) is 30.7 Å². The van der Waals surface area contributed by atoms with Crippen molar-refractivity contribution in [1.82, 2.24) is 4.90 Å². The van der Waals surface area contributed by atoms with Gasteiger partial charge in [-0.15, -0.1) is 0 Å². The van der Waals surface area contributed by atoms with Gasteiger partial charge in [0.1, 0.15) is 0 Å². The lowest BCUT2D eigenvalue weighted by atomic mass is 9.74. The summed E-state index contributed by atoms with van der Waals surface area (Å²) in [4.78, 5) is 2.44. The smallest absolute Gasteiger partial charge is 0.184 e. The molecule has 4 atom stereocenters. The van der Waals surface area contributed by atoms with Crippen molar-refractivity contribution in [3.05, 3.63) is 34.9 Å². The number of rotatable bonds is 3. The lowest BCUT2D eigenvalue weighted by Crippen LogP contribution is -2.45. The van der Waals surface area contributed by atoms with E-state index < -0.39 is 0 Å². The van der Waals surface area contributed by atoms with Gasteiger partial charge >= 0.3 is 0 Å². The Kier molecular flexibility index (Phi) is 4.03. The summed E-state index contributed by atoms with van der Waals surface area (Å²) >= 11 is 0. The summed E-state index contributed by atoms with van der Waals surface area (Å²) in [5.74, 6) is 1.79. The molecule has 1 saturated heterocycles. The highest BCUT2D eigenvalue weighted by Gasteiger charge is 2.47. The van der Waals surface area contributed by atoms with E-state index in [1.165, 1.54) is 5.56 Å². The van der Waals surface area contributed by atoms with E-state index in [4.69, 9.17) is 18.9 Å². The minimum Gasteiger partial charge on any atom is -0.493 e. The fraction of sp³-hybridized carbons (Fsp3) is 0.579. The first-order valence-electron chi connectivity index (χ1n) is 8.51. The molecule has 5 heteroatoms. The fourth-order valence-corrected chi connectivity index (χ4v) is 4.55. The Morgan fingerprint density at radius 3 is 2.46 bits per heavy atom. The largest absolute Gasteiger partial charge is 0.493 e. The summed E-state index contributed by atoms with van der Waals surface area (Å²) in [5.41, 5.74) is 3.86. The molecular weight excluding hydrogens is 306 g/mol. The van der Waals surface area contributed by atoms with Crippen LogP contribution in [0.25, 0.3) is 0 Å². The van der Waals surface area contributed by atoms with Gasteiger partial charge in [-0.2, -0.15) is 0 Å². The van der Waals surface area contributed by atoms with Gasteiger partial charge in [0.2, 0.25) is 0 Å². The highest BCUT2D eigenvalue weighted by molar-refractivity contribution is 5.52. The molecule has 0 amide bonds. The zero-order chi connectivity index (χ0) is 16.8. The summed E-state index contributed by atoms with van der Waals surface area (Å²) in [6, 6.07) is 4.53. The molecule has 2 heterocycles. The summed E-state index contributed by atoms with van der Waals surface area (Å²) in [6.07, 6.45) is 4.24. The molecule has 130 valence electrons. The predicted octanol–water partition coefficient (Wildman–Crippen LogP) is 2.87. The Morgan fingerprint density at radius 1 is 1.08 bits per heavy atom. The first-order chi connectivity index (χ1) is 11.7. The van der Waals surface area contributed by atoms with E-state index in [-0.39, 0.29) is 12.4 Å². The van der Waals surface area contributed by atoms with Crippen molar-refractivity contribution in [2.45, 2.75) is 37.2 Å². The number of likely N-dealkylation sites (tertiary alicyclic amines) is 1. The predicted molar refractivity (Wildman–Crippen MR) is 90.6 cm³/mol. The van der Waals surface area contributed by atoms with Gasteiger partial charge in [-0.1, -0.05) is 11.6 Å². The summed E-state index contributed by atoms with van der Waals surface area (Å²) < 4.78 is 23.0. The first kappa shape index (κ1) is 15.9. The molecule has 0 N–H and O–H groups in total. The third kappa shape index (κ3) is 2.26. The Morgan fingerprint density at radius 2 is 1.79 bits per heavy atom. The van der Waals surface area contributed by atoms with Crippen molar-refractivity contribution in [2.75, 3.05) is 34.9 Å². The normalized spacial score (nSPS) is 31.8. The topological polar surface area (TPSA) is 40.2 Å². The molecule has 3 aliphatic rings. The van der Waals surface area contributed by atoms with Crippen molar-refractivity contribution in [2.24, 2.45) is 0 Å². The lowest BCUT2D eigenvalue weighted by Gasteiger charge is -2.44. The van der Waals surface area contributed by atoms with Gasteiger partial charge in [0.05, 0.1) is 20.3 Å². The van der Waals surface area contributed by atoms with Gasteiger partial charge in [-0.3, -0.25) is 4.90 Å². The second-order valence-corrected chi connectivity index (χ2v) is 6.79. The molecule has 1 aromatic rings. The highest BCUT2D eigenvalue weighted by atomic mass is 16.7. The highest BCUT2D eigenvalue weighted by Crippen LogP contribution is 2.50. The number of methoxy groups -OCH3 is 3. The molecule has 1 aliphatic carbocycles. The number of nitrogens with zero attached hydrogens (tertiary/aromatic N) is 1. The number of fused-ring (bicyclic) bond motifs is 5. The van der Waals surface area contributed by atoms with Gasteiger partial charge in [0.25, 0.3) is 0 Å². The minimum absolute atomic E-state index is 0.134. The zero-order valence-corrected chi connectivity index (χ0v) is 14.7. The average Bonchev–Trinajstić information content (AvgIpc) is 3.00.